The zero-order chi connectivity index (χ0) is 21.6. The van der Waals surface area contributed by atoms with Crippen LogP contribution in [0.15, 0.2) is 77.4 Å². The summed E-state index contributed by atoms with van der Waals surface area (Å²) in [5, 5.41) is 8.31. The summed E-state index contributed by atoms with van der Waals surface area (Å²) in [6.07, 6.45) is 1.71. The number of carbonyl (C=O) groups is 3. The Morgan fingerprint density at radius 1 is 0.903 bits per heavy atom. The fourth-order valence-corrected chi connectivity index (χ4v) is 3.43. The third-order valence-corrected chi connectivity index (χ3v) is 4.93. The molecule has 3 aromatic rings. The lowest BCUT2D eigenvalue weighted by Gasteiger charge is -2.15. The van der Waals surface area contributed by atoms with E-state index in [1.807, 2.05) is 18.2 Å². The molecule has 1 saturated heterocycles. The van der Waals surface area contributed by atoms with Crippen molar-refractivity contribution < 1.29 is 18.8 Å². The molecule has 2 aromatic carbocycles. The van der Waals surface area contributed by atoms with Crippen LogP contribution in [0.1, 0.15) is 12.2 Å². The molecule has 3 N–H and O–H groups in total. The maximum absolute atomic E-state index is 12.7. The minimum absolute atomic E-state index is 0.0791. The van der Waals surface area contributed by atoms with Crippen LogP contribution in [0.5, 0.6) is 0 Å². The van der Waals surface area contributed by atoms with Gasteiger partial charge in [0.2, 0.25) is 11.8 Å². The lowest BCUT2D eigenvalue weighted by molar-refractivity contribution is -0.128. The monoisotopic (exact) mass is 418 g/mol. The number of likely N-dealkylation sites (tertiary alicyclic amines) is 1. The Hall–Kier alpha value is -4.07. The maximum atomic E-state index is 12.7. The first-order valence-corrected chi connectivity index (χ1v) is 9.91. The van der Waals surface area contributed by atoms with Gasteiger partial charge in [-0.1, -0.05) is 24.3 Å². The van der Waals surface area contributed by atoms with Gasteiger partial charge in [0.25, 0.3) is 0 Å². The first kappa shape index (κ1) is 20.2. The molecule has 1 aromatic heterocycles. The number of amides is 4. The smallest absolute Gasteiger partial charge is 0.323 e. The average molecular weight is 418 g/mol. The van der Waals surface area contributed by atoms with E-state index in [2.05, 4.69) is 16.0 Å². The second kappa shape index (κ2) is 9.17. The van der Waals surface area contributed by atoms with Crippen LogP contribution in [0.4, 0.5) is 21.9 Å². The summed E-state index contributed by atoms with van der Waals surface area (Å²) in [5.41, 5.74) is 1.75. The third-order valence-electron chi connectivity index (χ3n) is 4.93. The number of carbonyl (C=O) groups excluding carboxylic acids is 3. The van der Waals surface area contributed by atoms with Crippen LogP contribution in [0.25, 0.3) is 0 Å². The van der Waals surface area contributed by atoms with Gasteiger partial charge < -0.3 is 25.3 Å². The van der Waals surface area contributed by atoms with Crippen molar-refractivity contribution in [1.29, 1.82) is 0 Å². The average Bonchev–Trinajstić information content (AvgIpc) is 3.39. The van der Waals surface area contributed by atoms with Crippen molar-refractivity contribution in [2.75, 3.05) is 22.5 Å². The molecule has 4 amide bonds. The van der Waals surface area contributed by atoms with Gasteiger partial charge in [0, 0.05) is 30.0 Å². The van der Waals surface area contributed by atoms with E-state index in [-0.39, 0.29) is 24.3 Å². The minimum atomic E-state index is -0.444. The van der Waals surface area contributed by atoms with Crippen LogP contribution >= 0.6 is 0 Å². The lowest BCUT2D eigenvalue weighted by atomic mass is 10.1. The Balaban J connectivity index is 1.32. The highest BCUT2D eigenvalue weighted by Gasteiger charge is 2.34. The molecule has 1 aliphatic heterocycles. The standard InChI is InChI=1S/C23H22N4O4/c28-21-12-16(14-27(21)15-20-10-5-11-31-20)22(29)24-18-8-4-9-19(13-18)26-23(30)25-17-6-2-1-3-7-17/h1-11,13,16H,12,14-15H2,(H,24,29)(H2,25,26,30). The van der Waals surface area contributed by atoms with Gasteiger partial charge in [0.05, 0.1) is 18.7 Å². The molecule has 0 spiro atoms. The highest BCUT2D eigenvalue weighted by Crippen LogP contribution is 2.23. The van der Waals surface area contributed by atoms with Crippen LogP contribution in [-0.4, -0.2) is 29.3 Å². The van der Waals surface area contributed by atoms with E-state index in [1.165, 1.54) is 0 Å². The molecule has 8 nitrogen and oxygen atoms in total. The maximum Gasteiger partial charge on any atom is 0.323 e. The molecule has 158 valence electrons. The van der Waals surface area contributed by atoms with Gasteiger partial charge in [-0.25, -0.2) is 4.79 Å². The number of hydrogen-bond donors (Lipinski definition) is 3. The van der Waals surface area contributed by atoms with Crippen LogP contribution < -0.4 is 16.0 Å². The Kier molecular flexibility index (Phi) is 5.98. The number of benzene rings is 2. The number of nitrogens with zero attached hydrogens (tertiary/aromatic N) is 1. The van der Waals surface area contributed by atoms with Crippen molar-refractivity contribution in [1.82, 2.24) is 4.90 Å². The Morgan fingerprint density at radius 2 is 1.61 bits per heavy atom. The zero-order valence-electron chi connectivity index (χ0n) is 16.7. The van der Waals surface area contributed by atoms with Crippen molar-refractivity contribution in [3.63, 3.8) is 0 Å². The second-order valence-electron chi connectivity index (χ2n) is 7.27. The molecule has 0 saturated carbocycles. The van der Waals surface area contributed by atoms with Gasteiger partial charge in [0.1, 0.15) is 5.76 Å². The predicted molar refractivity (Wildman–Crippen MR) is 116 cm³/mol. The van der Waals surface area contributed by atoms with Crippen molar-refractivity contribution in [3.05, 3.63) is 78.8 Å². The topological polar surface area (TPSA) is 104 Å². The molecular weight excluding hydrogens is 396 g/mol. The van der Waals surface area contributed by atoms with Gasteiger partial charge in [-0.15, -0.1) is 0 Å². The summed E-state index contributed by atoms with van der Waals surface area (Å²) in [5.74, 6) is -0.0758. The second-order valence-corrected chi connectivity index (χ2v) is 7.27. The molecule has 1 aliphatic rings. The quantitative estimate of drug-likeness (QED) is 0.565. The summed E-state index contributed by atoms with van der Waals surface area (Å²) in [6.45, 7) is 0.689. The molecule has 0 aliphatic carbocycles. The SMILES string of the molecule is O=C(Nc1ccccc1)Nc1cccc(NC(=O)C2CC(=O)N(Cc3ccco3)C2)c1. The summed E-state index contributed by atoms with van der Waals surface area (Å²) < 4.78 is 5.28. The van der Waals surface area contributed by atoms with Crippen LogP contribution in [-0.2, 0) is 16.1 Å². The van der Waals surface area contributed by atoms with Crippen molar-refractivity contribution in [3.8, 4) is 0 Å². The van der Waals surface area contributed by atoms with Crippen molar-refractivity contribution in [2.24, 2.45) is 5.92 Å². The molecule has 2 heterocycles. The number of nitrogens with one attached hydrogen (secondary N) is 3. The van der Waals surface area contributed by atoms with Crippen LogP contribution in [0.3, 0.4) is 0 Å². The van der Waals surface area contributed by atoms with Crippen LogP contribution in [0, 0.1) is 5.92 Å². The van der Waals surface area contributed by atoms with Gasteiger partial charge in [-0.3, -0.25) is 9.59 Å². The van der Waals surface area contributed by atoms with E-state index in [4.69, 9.17) is 4.42 Å². The molecule has 0 bridgehead atoms. The number of urea groups is 1. The largest absolute Gasteiger partial charge is 0.467 e. The van der Waals surface area contributed by atoms with Gasteiger partial charge in [0.15, 0.2) is 0 Å². The summed E-state index contributed by atoms with van der Waals surface area (Å²) >= 11 is 0. The number of anilines is 3. The first-order valence-electron chi connectivity index (χ1n) is 9.91. The van der Waals surface area contributed by atoms with Gasteiger partial charge in [-0.2, -0.15) is 0 Å². The molecule has 0 radical (unpaired) electrons. The van der Waals surface area contributed by atoms with E-state index in [0.29, 0.717) is 35.9 Å². The highest BCUT2D eigenvalue weighted by atomic mass is 16.3. The fourth-order valence-electron chi connectivity index (χ4n) is 3.43. The normalized spacial score (nSPS) is 15.5. The van der Waals surface area contributed by atoms with E-state index >= 15 is 0 Å². The first-order chi connectivity index (χ1) is 15.1. The van der Waals surface area contributed by atoms with E-state index in [9.17, 15) is 14.4 Å². The Morgan fingerprint density at radius 3 is 2.35 bits per heavy atom. The molecular formula is C23H22N4O4. The molecule has 1 unspecified atom stereocenters. The zero-order valence-corrected chi connectivity index (χ0v) is 16.7. The van der Waals surface area contributed by atoms with E-state index in [0.717, 1.165) is 0 Å². The fraction of sp³-hybridized carbons (Fsp3) is 0.174. The Bertz CT molecular complexity index is 1070. The number of furan rings is 1. The summed E-state index contributed by atoms with van der Waals surface area (Å²) in [6, 6.07) is 19.1. The molecule has 1 fully saturated rings. The number of para-hydroxylation sites is 1. The van der Waals surface area contributed by atoms with E-state index in [1.54, 1.807) is 59.7 Å². The Labute approximate surface area is 179 Å². The summed E-state index contributed by atoms with van der Waals surface area (Å²) in [4.78, 5) is 38.7. The predicted octanol–water partition coefficient (Wildman–Crippen LogP) is 3.91. The molecule has 8 heteroatoms. The number of hydrogen-bond acceptors (Lipinski definition) is 4. The lowest BCUT2D eigenvalue weighted by Crippen LogP contribution is -2.28. The van der Waals surface area contributed by atoms with Crippen LogP contribution in [0.2, 0.25) is 0 Å². The van der Waals surface area contributed by atoms with Crippen molar-refractivity contribution >= 4 is 34.9 Å². The van der Waals surface area contributed by atoms with Gasteiger partial charge >= 0.3 is 6.03 Å². The van der Waals surface area contributed by atoms with Crippen molar-refractivity contribution in [2.45, 2.75) is 13.0 Å². The number of rotatable bonds is 6. The molecule has 4 rings (SSSR count). The third kappa shape index (κ3) is 5.30. The summed E-state index contributed by atoms with van der Waals surface area (Å²) in [7, 11) is 0. The van der Waals surface area contributed by atoms with E-state index < -0.39 is 5.92 Å². The highest BCUT2D eigenvalue weighted by molar-refractivity contribution is 6.01. The molecule has 1 atom stereocenters. The minimum Gasteiger partial charge on any atom is -0.467 e. The molecule has 31 heavy (non-hydrogen) atoms. The van der Waals surface area contributed by atoms with Gasteiger partial charge in [-0.05, 0) is 42.5 Å².